The molecular weight excluding hydrogens is 410 g/mol. The van der Waals surface area contributed by atoms with Gasteiger partial charge in [-0.25, -0.2) is 20.4 Å². The first-order valence-corrected chi connectivity index (χ1v) is 9.21. The molecule has 0 radical (unpaired) electrons. The molecular formula is C18H21N7O6. The molecule has 3 aromatic rings. The van der Waals surface area contributed by atoms with Crippen LogP contribution in [0.1, 0.15) is 11.8 Å². The van der Waals surface area contributed by atoms with Crippen molar-refractivity contribution in [2.24, 2.45) is 5.10 Å². The van der Waals surface area contributed by atoms with Gasteiger partial charge in [0.25, 0.3) is 0 Å². The molecule has 4 rings (SSSR count). The van der Waals surface area contributed by atoms with Crippen LogP contribution < -0.4 is 15.9 Å². The highest BCUT2D eigenvalue weighted by Gasteiger charge is 2.45. The van der Waals surface area contributed by atoms with Gasteiger partial charge in [-0.15, -0.1) is 0 Å². The van der Waals surface area contributed by atoms with Gasteiger partial charge in [-0.05, 0) is 23.8 Å². The lowest BCUT2D eigenvalue weighted by molar-refractivity contribution is -0.0501. The fraction of sp³-hybridized carbons (Fsp3) is 0.333. The summed E-state index contributed by atoms with van der Waals surface area (Å²) in [5, 5.41) is 43.8. The smallest absolute Gasteiger partial charge is 0.228 e. The maximum Gasteiger partial charge on any atom is 0.228 e. The molecule has 3 heterocycles. The average Bonchev–Trinajstić information content (AvgIpc) is 3.27. The highest BCUT2D eigenvalue weighted by molar-refractivity contribution is 5.85. The Balaban J connectivity index is 1.69. The largest absolute Gasteiger partial charge is 0.504 e. The molecule has 0 bridgehead atoms. The number of benzene rings is 1. The second-order valence-corrected chi connectivity index (χ2v) is 6.77. The first kappa shape index (κ1) is 20.7. The fourth-order valence-electron chi connectivity index (χ4n) is 3.28. The van der Waals surface area contributed by atoms with Crippen molar-refractivity contribution in [3.8, 4) is 11.5 Å². The number of nitrogens with one attached hydrogen (secondary N) is 1. The van der Waals surface area contributed by atoms with Crippen LogP contribution in [0.15, 0.2) is 29.6 Å². The van der Waals surface area contributed by atoms with Crippen molar-refractivity contribution in [2.75, 3.05) is 24.9 Å². The number of nitrogens with zero attached hydrogens (tertiary/aromatic N) is 5. The van der Waals surface area contributed by atoms with E-state index in [1.807, 2.05) is 0 Å². The van der Waals surface area contributed by atoms with Gasteiger partial charge in [0.15, 0.2) is 34.7 Å². The van der Waals surface area contributed by atoms with E-state index in [0.717, 1.165) is 0 Å². The average molecular weight is 431 g/mol. The minimum absolute atomic E-state index is 0.00665. The maximum atomic E-state index is 10.5. The number of phenols is 1. The van der Waals surface area contributed by atoms with Gasteiger partial charge in [-0.1, -0.05) is 0 Å². The summed E-state index contributed by atoms with van der Waals surface area (Å²) < 4.78 is 12.1. The minimum Gasteiger partial charge on any atom is -0.504 e. The molecule has 1 aromatic carbocycles. The Bertz CT molecular complexity index is 1120. The molecule has 31 heavy (non-hydrogen) atoms. The van der Waals surface area contributed by atoms with Gasteiger partial charge >= 0.3 is 0 Å². The lowest BCUT2D eigenvalue weighted by atomic mass is 10.1. The summed E-state index contributed by atoms with van der Waals surface area (Å²) in [7, 11) is 1.43. The summed E-state index contributed by atoms with van der Waals surface area (Å²) in [6, 6.07) is 4.67. The summed E-state index contributed by atoms with van der Waals surface area (Å²) in [5.74, 6) is 0.489. The molecule has 1 aliphatic rings. The Kier molecular flexibility index (Phi) is 5.56. The summed E-state index contributed by atoms with van der Waals surface area (Å²) >= 11 is 0. The third-order valence-corrected chi connectivity index (χ3v) is 4.86. The maximum absolute atomic E-state index is 10.5. The van der Waals surface area contributed by atoms with Gasteiger partial charge in [-0.2, -0.15) is 5.10 Å². The minimum atomic E-state index is -1.36. The van der Waals surface area contributed by atoms with E-state index in [9.17, 15) is 20.4 Å². The number of hydrogen-bond acceptors (Lipinski definition) is 12. The van der Waals surface area contributed by atoms with Gasteiger partial charge in [-0.3, -0.25) is 4.57 Å². The molecule has 0 spiro atoms. The van der Waals surface area contributed by atoms with Gasteiger partial charge in [0.1, 0.15) is 24.6 Å². The lowest BCUT2D eigenvalue weighted by Gasteiger charge is -2.18. The Morgan fingerprint density at radius 3 is 2.84 bits per heavy atom. The topological polar surface area (TPSA) is 193 Å². The zero-order valence-corrected chi connectivity index (χ0v) is 16.3. The standard InChI is InChI=1S/C18H21N7O6/c1-30-10-4-8(2-3-9(10)27)5-22-24-18-23-12-15(19)20-7-21-16(12)25(18)17-14(29)13(28)11(6-26)31-17/h2-5,7,11,13-14,17,26-29H,6H2,1H3,(H,23,24)(H2,19,20,21)/t11-,13+,14-,17+/m0/s1. The number of ether oxygens (including phenoxy) is 2. The van der Waals surface area contributed by atoms with E-state index < -0.39 is 31.1 Å². The molecule has 0 aliphatic carbocycles. The number of fused-ring (bicyclic) bond motifs is 1. The van der Waals surface area contributed by atoms with Gasteiger partial charge in [0, 0.05) is 0 Å². The van der Waals surface area contributed by atoms with Crippen LogP contribution in [0.4, 0.5) is 11.8 Å². The van der Waals surface area contributed by atoms with Crippen molar-refractivity contribution in [1.82, 2.24) is 19.5 Å². The highest BCUT2D eigenvalue weighted by Crippen LogP contribution is 2.35. The molecule has 0 saturated carbocycles. The van der Waals surface area contributed by atoms with E-state index in [2.05, 4.69) is 25.5 Å². The van der Waals surface area contributed by atoms with Crippen molar-refractivity contribution < 1.29 is 29.9 Å². The van der Waals surface area contributed by atoms with Crippen LogP contribution in [0.25, 0.3) is 11.2 Å². The number of phenolic OH excluding ortho intramolecular Hbond substituents is 1. The van der Waals surface area contributed by atoms with Crippen LogP contribution in [0.5, 0.6) is 11.5 Å². The van der Waals surface area contributed by atoms with Gasteiger partial charge < -0.3 is 35.6 Å². The van der Waals surface area contributed by atoms with Crippen molar-refractivity contribution >= 4 is 29.1 Å². The van der Waals surface area contributed by atoms with Gasteiger partial charge in [0.2, 0.25) is 5.95 Å². The zero-order valence-electron chi connectivity index (χ0n) is 16.3. The SMILES string of the molecule is COc1cc(C=NNc2nc3c(N)ncnc3n2[C@@H]2O[C@@H](CO)[C@@H](O)[C@@H]2O)ccc1O. The van der Waals surface area contributed by atoms with E-state index in [4.69, 9.17) is 15.2 Å². The number of rotatable bonds is 6. The second kappa shape index (κ2) is 8.31. The summed E-state index contributed by atoms with van der Waals surface area (Å²) in [6.07, 6.45) is -2.09. The zero-order chi connectivity index (χ0) is 22.1. The van der Waals surface area contributed by atoms with Crippen LogP contribution in [-0.2, 0) is 4.74 Å². The lowest BCUT2D eigenvalue weighted by Crippen LogP contribution is -2.33. The normalized spacial score (nSPS) is 23.6. The van der Waals surface area contributed by atoms with E-state index in [1.165, 1.54) is 30.3 Å². The number of aromatic hydroxyl groups is 1. The molecule has 13 nitrogen and oxygen atoms in total. The van der Waals surface area contributed by atoms with E-state index in [1.54, 1.807) is 12.1 Å². The third kappa shape index (κ3) is 3.70. The molecule has 0 amide bonds. The summed E-state index contributed by atoms with van der Waals surface area (Å²) in [4.78, 5) is 12.4. The monoisotopic (exact) mass is 431 g/mol. The second-order valence-electron chi connectivity index (χ2n) is 6.77. The number of methoxy groups -OCH3 is 1. The predicted molar refractivity (Wildman–Crippen MR) is 109 cm³/mol. The van der Waals surface area contributed by atoms with Crippen LogP contribution in [0.2, 0.25) is 0 Å². The van der Waals surface area contributed by atoms with E-state index in [0.29, 0.717) is 5.56 Å². The van der Waals surface area contributed by atoms with Gasteiger partial charge in [0.05, 0.1) is 19.9 Å². The van der Waals surface area contributed by atoms with Crippen molar-refractivity contribution in [1.29, 1.82) is 0 Å². The fourth-order valence-corrected chi connectivity index (χ4v) is 3.28. The molecule has 4 atom stereocenters. The number of aliphatic hydroxyl groups excluding tert-OH is 3. The van der Waals surface area contributed by atoms with E-state index in [-0.39, 0.29) is 34.4 Å². The first-order valence-electron chi connectivity index (χ1n) is 9.21. The van der Waals surface area contributed by atoms with Crippen molar-refractivity contribution in [3.05, 3.63) is 30.1 Å². The number of aliphatic hydroxyl groups is 3. The summed E-state index contributed by atoms with van der Waals surface area (Å²) in [5.41, 5.74) is 9.73. The molecule has 1 aliphatic heterocycles. The number of imidazole rings is 1. The Morgan fingerprint density at radius 2 is 2.13 bits per heavy atom. The number of hydrogen-bond donors (Lipinski definition) is 6. The Hall–Kier alpha value is -3.52. The van der Waals surface area contributed by atoms with Crippen molar-refractivity contribution in [3.63, 3.8) is 0 Å². The Labute approximate surface area is 175 Å². The molecule has 1 saturated heterocycles. The van der Waals surface area contributed by atoms with Crippen LogP contribution in [0, 0.1) is 0 Å². The third-order valence-electron chi connectivity index (χ3n) is 4.86. The van der Waals surface area contributed by atoms with Crippen LogP contribution in [0.3, 0.4) is 0 Å². The molecule has 0 unspecified atom stereocenters. The number of aromatic nitrogens is 4. The summed E-state index contributed by atoms with van der Waals surface area (Å²) in [6.45, 7) is -0.484. The Morgan fingerprint density at radius 1 is 1.32 bits per heavy atom. The predicted octanol–water partition coefficient (Wildman–Crippen LogP) is -0.820. The number of nitrogens with two attached hydrogens (primary N) is 1. The molecule has 13 heteroatoms. The highest BCUT2D eigenvalue weighted by atomic mass is 16.6. The number of hydrazone groups is 1. The quantitative estimate of drug-likeness (QED) is 0.211. The number of anilines is 2. The van der Waals surface area contributed by atoms with Crippen LogP contribution in [-0.4, -0.2) is 78.2 Å². The van der Waals surface area contributed by atoms with E-state index >= 15 is 0 Å². The first-order chi connectivity index (χ1) is 14.9. The molecule has 1 fully saturated rings. The molecule has 2 aromatic heterocycles. The molecule has 7 N–H and O–H groups in total. The molecule has 164 valence electrons. The number of nitrogen functional groups attached to an aromatic ring is 1. The van der Waals surface area contributed by atoms with Crippen LogP contribution >= 0.6 is 0 Å². The van der Waals surface area contributed by atoms with Crippen molar-refractivity contribution in [2.45, 2.75) is 24.5 Å².